The van der Waals surface area contributed by atoms with Gasteiger partial charge in [0.1, 0.15) is 5.75 Å². The number of fused-ring (bicyclic) bond motifs is 1. The number of carbonyl (C=O) groups excluding carboxylic acids is 1. The van der Waals surface area contributed by atoms with E-state index in [1.165, 1.54) is 15.6 Å². The van der Waals surface area contributed by atoms with Crippen LogP contribution in [-0.2, 0) is 19.6 Å². The van der Waals surface area contributed by atoms with Crippen LogP contribution in [0.4, 0.5) is 11.4 Å². The van der Waals surface area contributed by atoms with Crippen LogP contribution in [0.25, 0.3) is 11.3 Å². The molecule has 0 aliphatic carbocycles. The van der Waals surface area contributed by atoms with E-state index in [9.17, 15) is 13.2 Å². The van der Waals surface area contributed by atoms with Gasteiger partial charge in [0.15, 0.2) is 11.4 Å². The number of carbonyl (C=O) groups is 1. The molecule has 1 saturated heterocycles. The van der Waals surface area contributed by atoms with E-state index >= 15 is 0 Å². The standard InChI is InChI=1S/C26H30N4O5S2/c1-3-20(4-2)30-23(18-5-10-24-22(15-18)28-25(31)16-35-24)17-36-26(30)27-19-6-8-21(9-7-19)37(32,33)29-11-13-34-14-12-29/h5-10,15,17,20H,3-4,11-14,16H2,1-2H3,(H,28,31). The van der Waals surface area contributed by atoms with E-state index < -0.39 is 10.0 Å². The molecule has 3 heterocycles. The van der Waals surface area contributed by atoms with Crippen molar-refractivity contribution in [2.75, 3.05) is 38.2 Å². The topological polar surface area (TPSA) is 102 Å². The number of morpholine rings is 1. The Hall–Kier alpha value is -2.99. The minimum atomic E-state index is -3.56. The van der Waals surface area contributed by atoms with Crippen molar-refractivity contribution in [3.8, 4) is 17.0 Å². The quantitative estimate of drug-likeness (QED) is 0.483. The molecule has 196 valence electrons. The van der Waals surface area contributed by atoms with Crippen molar-refractivity contribution in [3.05, 3.63) is 52.6 Å². The molecule has 2 aliphatic heterocycles. The lowest BCUT2D eigenvalue weighted by Crippen LogP contribution is -2.40. The molecule has 1 amide bonds. The average molecular weight is 543 g/mol. The summed E-state index contributed by atoms with van der Waals surface area (Å²) in [5.41, 5.74) is 3.31. The molecule has 1 aromatic heterocycles. The molecule has 0 spiro atoms. The van der Waals surface area contributed by atoms with Crippen LogP contribution in [0.3, 0.4) is 0 Å². The molecule has 0 radical (unpaired) electrons. The number of rotatable bonds is 7. The summed E-state index contributed by atoms with van der Waals surface area (Å²) in [7, 11) is -3.56. The van der Waals surface area contributed by atoms with Crippen LogP contribution in [0, 0.1) is 0 Å². The van der Waals surface area contributed by atoms with Gasteiger partial charge < -0.3 is 19.4 Å². The first-order chi connectivity index (χ1) is 17.9. The fourth-order valence-corrected chi connectivity index (χ4v) is 6.99. The highest BCUT2D eigenvalue weighted by molar-refractivity contribution is 7.89. The monoisotopic (exact) mass is 542 g/mol. The Morgan fingerprint density at radius 2 is 1.81 bits per heavy atom. The van der Waals surface area contributed by atoms with Gasteiger partial charge in [-0.25, -0.2) is 13.4 Å². The minimum absolute atomic E-state index is 0.0219. The zero-order chi connectivity index (χ0) is 26.0. The molecular weight excluding hydrogens is 512 g/mol. The minimum Gasteiger partial charge on any atom is -0.482 e. The Morgan fingerprint density at radius 3 is 2.51 bits per heavy atom. The van der Waals surface area contributed by atoms with Gasteiger partial charge in [-0.2, -0.15) is 4.31 Å². The van der Waals surface area contributed by atoms with Crippen molar-refractivity contribution in [3.63, 3.8) is 0 Å². The first-order valence-corrected chi connectivity index (χ1v) is 14.7. The van der Waals surface area contributed by atoms with Crippen molar-refractivity contribution in [2.45, 2.75) is 37.6 Å². The van der Waals surface area contributed by atoms with Crippen molar-refractivity contribution in [1.29, 1.82) is 0 Å². The summed E-state index contributed by atoms with van der Waals surface area (Å²) in [5.74, 6) is 0.488. The van der Waals surface area contributed by atoms with E-state index in [0.717, 1.165) is 28.9 Å². The highest BCUT2D eigenvalue weighted by Gasteiger charge is 2.26. The van der Waals surface area contributed by atoms with Gasteiger partial charge in [-0.1, -0.05) is 13.8 Å². The van der Waals surface area contributed by atoms with E-state index in [1.807, 2.05) is 18.2 Å². The lowest BCUT2D eigenvalue weighted by molar-refractivity contribution is -0.118. The van der Waals surface area contributed by atoms with Crippen LogP contribution < -0.4 is 14.9 Å². The molecule has 0 unspecified atom stereocenters. The molecule has 37 heavy (non-hydrogen) atoms. The van der Waals surface area contributed by atoms with Crippen LogP contribution >= 0.6 is 11.3 Å². The first kappa shape index (κ1) is 25.7. The number of nitrogens with one attached hydrogen (secondary N) is 1. The van der Waals surface area contributed by atoms with E-state index in [1.54, 1.807) is 24.3 Å². The number of hydrogen-bond donors (Lipinski definition) is 1. The maximum Gasteiger partial charge on any atom is 0.262 e. The second kappa shape index (κ2) is 10.8. The zero-order valence-corrected chi connectivity index (χ0v) is 22.5. The maximum absolute atomic E-state index is 13.0. The SMILES string of the molecule is CCC(CC)n1c(-c2ccc3c(c2)NC(=O)CO3)csc1=Nc1ccc(S(=O)(=O)N2CCOCC2)cc1. The highest BCUT2D eigenvalue weighted by Crippen LogP contribution is 2.34. The van der Waals surface area contributed by atoms with E-state index in [2.05, 4.69) is 29.1 Å². The number of thiazole rings is 1. The second-order valence-corrected chi connectivity index (χ2v) is 11.7. The maximum atomic E-state index is 13.0. The molecule has 0 saturated carbocycles. The lowest BCUT2D eigenvalue weighted by Gasteiger charge is -2.26. The van der Waals surface area contributed by atoms with Gasteiger partial charge in [0, 0.05) is 30.1 Å². The smallest absolute Gasteiger partial charge is 0.262 e. The molecule has 3 aromatic rings. The number of ether oxygens (including phenoxy) is 2. The zero-order valence-electron chi connectivity index (χ0n) is 20.8. The predicted molar refractivity (Wildman–Crippen MR) is 143 cm³/mol. The summed E-state index contributed by atoms with van der Waals surface area (Å²) in [6.45, 7) is 5.87. The van der Waals surface area contributed by atoms with Crippen molar-refractivity contribution in [2.24, 2.45) is 4.99 Å². The third-order valence-corrected chi connectivity index (χ3v) is 9.38. The first-order valence-electron chi connectivity index (χ1n) is 12.4. The summed E-state index contributed by atoms with van der Waals surface area (Å²) in [6.07, 6.45) is 1.85. The van der Waals surface area contributed by atoms with Gasteiger partial charge >= 0.3 is 0 Å². The molecule has 1 N–H and O–H groups in total. The molecule has 9 nitrogen and oxygen atoms in total. The van der Waals surface area contributed by atoms with Gasteiger partial charge in [-0.15, -0.1) is 11.3 Å². The fourth-order valence-electron chi connectivity index (χ4n) is 4.60. The molecule has 5 rings (SSSR count). The lowest BCUT2D eigenvalue weighted by atomic mass is 10.1. The van der Waals surface area contributed by atoms with Crippen LogP contribution in [0.1, 0.15) is 32.7 Å². The van der Waals surface area contributed by atoms with E-state index in [4.69, 9.17) is 14.5 Å². The third kappa shape index (κ3) is 5.22. The number of benzene rings is 2. The van der Waals surface area contributed by atoms with E-state index in [-0.39, 0.29) is 23.5 Å². The number of hydrogen-bond acceptors (Lipinski definition) is 7. The van der Waals surface area contributed by atoms with Gasteiger partial charge in [0.05, 0.1) is 35.2 Å². The summed E-state index contributed by atoms with van der Waals surface area (Å²) >= 11 is 1.53. The molecule has 2 aromatic carbocycles. The highest BCUT2D eigenvalue weighted by atomic mass is 32.2. The normalized spacial score (nSPS) is 16.9. The van der Waals surface area contributed by atoms with Crippen LogP contribution in [0.15, 0.2) is 57.7 Å². The Balaban J connectivity index is 1.51. The summed E-state index contributed by atoms with van der Waals surface area (Å²) < 4.78 is 40.4. The summed E-state index contributed by atoms with van der Waals surface area (Å²) in [5, 5.41) is 4.95. The molecule has 11 heteroatoms. The molecular formula is C26H30N4O5S2. The molecule has 0 atom stereocenters. The van der Waals surface area contributed by atoms with Crippen LogP contribution in [0.5, 0.6) is 5.75 Å². The van der Waals surface area contributed by atoms with Crippen LogP contribution in [-0.4, -0.2) is 56.1 Å². The number of amides is 1. The fraction of sp³-hybridized carbons (Fsp3) is 0.385. The average Bonchev–Trinajstić information content (AvgIpc) is 3.33. The van der Waals surface area contributed by atoms with Crippen LogP contribution in [0.2, 0.25) is 0 Å². The largest absolute Gasteiger partial charge is 0.482 e. The van der Waals surface area contributed by atoms with Gasteiger partial charge in [0.2, 0.25) is 10.0 Å². The van der Waals surface area contributed by atoms with Gasteiger partial charge in [-0.3, -0.25) is 4.79 Å². The molecule has 2 aliphatic rings. The summed E-state index contributed by atoms with van der Waals surface area (Å²) in [6, 6.07) is 12.8. The molecule has 1 fully saturated rings. The van der Waals surface area contributed by atoms with Crippen molar-refractivity contribution in [1.82, 2.24) is 8.87 Å². The third-order valence-electron chi connectivity index (χ3n) is 6.63. The Bertz CT molecular complexity index is 1450. The van der Waals surface area contributed by atoms with E-state index in [0.29, 0.717) is 43.4 Å². The van der Waals surface area contributed by atoms with Gasteiger partial charge in [0.25, 0.3) is 5.91 Å². The summed E-state index contributed by atoms with van der Waals surface area (Å²) in [4.78, 5) is 17.8. The van der Waals surface area contributed by atoms with Crippen molar-refractivity contribution >= 4 is 38.6 Å². The molecule has 0 bridgehead atoms. The number of sulfonamides is 1. The predicted octanol–water partition coefficient (Wildman–Crippen LogP) is 4.16. The van der Waals surface area contributed by atoms with Gasteiger partial charge in [-0.05, 0) is 55.3 Å². The Labute approximate surface area is 220 Å². The Morgan fingerprint density at radius 1 is 1.08 bits per heavy atom. The van der Waals surface area contributed by atoms with Crippen molar-refractivity contribution < 1.29 is 22.7 Å². The second-order valence-electron chi connectivity index (χ2n) is 8.91. The number of anilines is 1. The number of nitrogens with zero attached hydrogens (tertiary/aromatic N) is 3. The number of aromatic nitrogens is 1. The Kier molecular flexibility index (Phi) is 7.47.